The summed E-state index contributed by atoms with van der Waals surface area (Å²) in [4.78, 5) is 11.5. The van der Waals surface area contributed by atoms with Crippen LogP contribution in [0.15, 0.2) is 9.98 Å². The van der Waals surface area contributed by atoms with E-state index in [1.165, 1.54) is 5.71 Å². The van der Waals surface area contributed by atoms with Crippen LogP contribution in [-0.4, -0.2) is 57.0 Å². The Kier molecular flexibility index (Phi) is 10.4. The Bertz CT molecular complexity index is 280. The van der Waals surface area contributed by atoms with Crippen molar-refractivity contribution in [2.45, 2.75) is 46.2 Å². The first kappa shape index (κ1) is 18.1. The summed E-state index contributed by atoms with van der Waals surface area (Å²) >= 11 is 0. The molecule has 0 aromatic heterocycles. The van der Waals surface area contributed by atoms with Gasteiger partial charge in [-0.05, 0) is 46.8 Å². The minimum absolute atomic E-state index is 0.0838. The first-order chi connectivity index (χ1) is 9.08. The van der Waals surface area contributed by atoms with Crippen LogP contribution in [0.3, 0.4) is 0 Å². The van der Waals surface area contributed by atoms with Crippen molar-refractivity contribution in [1.29, 1.82) is 0 Å². The predicted octanol–water partition coefficient (Wildman–Crippen LogP) is 1.71. The largest absolute Gasteiger partial charge is 0.344 e. The van der Waals surface area contributed by atoms with Gasteiger partial charge >= 0.3 is 0 Å². The van der Waals surface area contributed by atoms with E-state index in [1.54, 1.807) is 0 Å². The topological polar surface area (TPSA) is 52.0 Å². The maximum Gasteiger partial charge on any atom is 0.221 e. The van der Waals surface area contributed by atoms with Crippen LogP contribution in [0.2, 0.25) is 0 Å². The molecule has 0 saturated heterocycles. The summed E-state index contributed by atoms with van der Waals surface area (Å²) in [6.45, 7) is 8.29. The zero-order chi connectivity index (χ0) is 14.7. The van der Waals surface area contributed by atoms with E-state index in [4.69, 9.17) is 4.99 Å². The molecule has 1 unspecified atom stereocenters. The average Bonchev–Trinajstić information content (AvgIpc) is 2.43. The number of nitrogens with zero attached hydrogens (tertiary/aromatic N) is 3. The van der Waals surface area contributed by atoms with E-state index in [1.807, 2.05) is 21.0 Å². The van der Waals surface area contributed by atoms with Crippen LogP contribution < -0.4 is 10.6 Å². The highest BCUT2D eigenvalue weighted by Crippen LogP contribution is 2.00. The summed E-state index contributed by atoms with van der Waals surface area (Å²) in [6.07, 6.45) is 3.13. The monoisotopic (exact) mass is 269 g/mol. The molecular weight excluding hydrogens is 238 g/mol. The van der Waals surface area contributed by atoms with Crippen molar-refractivity contribution < 1.29 is 0 Å². The Morgan fingerprint density at radius 3 is 2.32 bits per heavy atom. The predicted molar refractivity (Wildman–Crippen MR) is 85.1 cm³/mol. The minimum Gasteiger partial charge on any atom is -0.344 e. The van der Waals surface area contributed by atoms with Crippen LogP contribution >= 0.6 is 0 Å². The number of rotatable bonds is 8. The van der Waals surface area contributed by atoms with Gasteiger partial charge in [0.1, 0.15) is 6.17 Å². The molecule has 0 radical (unpaired) electrons. The lowest BCUT2D eigenvalue weighted by Crippen LogP contribution is -2.32. The van der Waals surface area contributed by atoms with E-state index in [0.29, 0.717) is 0 Å². The van der Waals surface area contributed by atoms with Crippen LogP contribution in [0.1, 0.15) is 40.0 Å². The Balaban J connectivity index is 4.85. The van der Waals surface area contributed by atoms with Crippen molar-refractivity contribution >= 4 is 11.7 Å². The van der Waals surface area contributed by atoms with Crippen LogP contribution in [-0.2, 0) is 0 Å². The molecule has 0 bridgehead atoms. The Morgan fingerprint density at radius 2 is 1.84 bits per heavy atom. The zero-order valence-corrected chi connectivity index (χ0v) is 13.5. The smallest absolute Gasteiger partial charge is 0.221 e. The molecular formula is C14H31N5. The average molecular weight is 269 g/mol. The Morgan fingerprint density at radius 1 is 1.21 bits per heavy atom. The standard InChI is InChI=1S/C14H31N5/c1-7-13(8-2)18-14(17-12(3)16-5)19(6)11-9-10-15-4/h12,15-16H,7-11H2,1-6H3/b17-14+. The fourth-order valence-electron chi connectivity index (χ4n) is 1.59. The molecule has 0 rings (SSSR count). The maximum absolute atomic E-state index is 4.71. The second-order valence-corrected chi connectivity index (χ2v) is 4.66. The van der Waals surface area contributed by atoms with Gasteiger partial charge in [0.05, 0.1) is 0 Å². The molecule has 112 valence electrons. The van der Waals surface area contributed by atoms with Crippen LogP contribution in [0, 0.1) is 0 Å². The molecule has 19 heavy (non-hydrogen) atoms. The Hall–Kier alpha value is -0.940. The first-order valence-corrected chi connectivity index (χ1v) is 7.26. The van der Waals surface area contributed by atoms with E-state index in [2.05, 4.69) is 41.4 Å². The fourth-order valence-corrected chi connectivity index (χ4v) is 1.59. The fraction of sp³-hybridized carbons (Fsp3) is 0.857. The third-order valence-electron chi connectivity index (χ3n) is 3.06. The first-order valence-electron chi connectivity index (χ1n) is 7.26. The summed E-state index contributed by atoms with van der Waals surface area (Å²) in [5, 5.41) is 6.29. The maximum atomic E-state index is 4.71. The highest BCUT2D eigenvalue weighted by Gasteiger charge is 2.08. The molecule has 0 aliphatic rings. The van der Waals surface area contributed by atoms with Crippen LogP contribution in [0.25, 0.3) is 0 Å². The minimum atomic E-state index is 0.0838. The highest BCUT2D eigenvalue weighted by molar-refractivity contribution is 5.96. The molecule has 0 aliphatic carbocycles. The van der Waals surface area contributed by atoms with E-state index in [0.717, 1.165) is 38.3 Å². The summed E-state index contributed by atoms with van der Waals surface area (Å²) in [5.74, 6) is 0.830. The third kappa shape index (κ3) is 7.95. The third-order valence-corrected chi connectivity index (χ3v) is 3.06. The SMILES string of the molecule is CCC(CC)=N/C(=N\C(C)NC)N(C)CCCNC. The lowest BCUT2D eigenvalue weighted by atomic mass is 10.2. The second-order valence-electron chi connectivity index (χ2n) is 4.66. The molecule has 5 nitrogen and oxygen atoms in total. The Labute approximate surface area is 118 Å². The van der Waals surface area contributed by atoms with Crippen molar-refractivity contribution in [2.24, 2.45) is 9.98 Å². The van der Waals surface area contributed by atoms with Crippen molar-refractivity contribution in [3.8, 4) is 0 Å². The quantitative estimate of drug-likeness (QED) is 0.401. The van der Waals surface area contributed by atoms with Gasteiger partial charge in [-0.2, -0.15) is 0 Å². The van der Waals surface area contributed by atoms with Gasteiger partial charge in [-0.25, -0.2) is 9.98 Å². The molecule has 0 aliphatic heterocycles. The molecule has 0 amide bonds. The normalized spacial score (nSPS) is 13.3. The number of hydrogen-bond acceptors (Lipinski definition) is 3. The summed E-state index contributed by atoms with van der Waals surface area (Å²) in [6, 6.07) is 0. The lowest BCUT2D eigenvalue weighted by Gasteiger charge is -2.20. The van der Waals surface area contributed by atoms with Crippen molar-refractivity contribution in [3.05, 3.63) is 0 Å². The van der Waals surface area contributed by atoms with Gasteiger partial charge in [-0.15, -0.1) is 0 Å². The van der Waals surface area contributed by atoms with E-state index in [9.17, 15) is 0 Å². The molecule has 0 spiro atoms. The lowest BCUT2D eigenvalue weighted by molar-refractivity contribution is 0.469. The highest BCUT2D eigenvalue weighted by atomic mass is 15.3. The van der Waals surface area contributed by atoms with E-state index >= 15 is 0 Å². The van der Waals surface area contributed by atoms with Crippen molar-refractivity contribution in [1.82, 2.24) is 15.5 Å². The summed E-state index contributed by atoms with van der Waals surface area (Å²) in [5.41, 5.74) is 1.20. The molecule has 0 aromatic carbocycles. The van der Waals surface area contributed by atoms with Gasteiger partial charge in [0, 0.05) is 19.3 Å². The zero-order valence-electron chi connectivity index (χ0n) is 13.5. The van der Waals surface area contributed by atoms with Gasteiger partial charge in [0.15, 0.2) is 0 Å². The van der Waals surface area contributed by atoms with Crippen molar-refractivity contribution in [2.75, 3.05) is 34.2 Å². The second kappa shape index (κ2) is 10.9. The van der Waals surface area contributed by atoms with E-state index in [-0.39, 0.29) is 6.17 Å². The molecule has 2 N–H and O–H groups in total. The number of guanidine groups is 1. The molecule has 0 aromatic rings. The van der Waals surface area contributed by atoms with Gasteiger partial charge in [0.2, 0.25) is 5.96 Å². The molecule has 0 heterocycles. The van der Waals surface area contributed by atoms with Gasteiger partial charge in [-0.1, -0.05) is 13.8 Å². The molecule has 5 heteroatoms. The van der Waals surface area contributed by atoms with Gasteiger partial charge in [0.25, 0.3) is 0 Å². The molecule has 1 atom stereocenters. The summed E-state index contributed by atoms with van der Waals surface area (Å²) in [7, 11) is 5.95. The van der Waals surface area contributed by atoms with Gasteiger partial charge < -0.3 is 10.2 Å². The number of hydrogen-bond donors (Lipinski definition) is 2. The molecule has 0 fully saturated rings. The summed E-state index contributed by atoms with van der Waals surface area (Å²) < 4.78 is 0. The number of aliphatic imine (C=N–C) groups is 2. The van der Waals surface area contributed by atoms with Gasteiger partial charge in [-0.3, -0.25) is 5.32 Å². The van der Waals surface area contributed by atoms with Crippen LogP contribution in [0.5, 0.6) is 0 Å². The van der Waals surface area contributed by atoms with Crippen LogP contribution in [0.4, 0.5) is 0 Å². The van der Waals surface area contributed by atoms with Crippen molar-refractivity contribution in [3.63, 3.8) is 0 Å². The number of nitrogens with one attached hydrogen (secondary N) is 2. The van der Waals surface area contributed by atoms with E-state index < -0.39 is 0 Å². The molecule has 0 saturated carbocycles.